The van der Waals surface area contributed by atoms with Gasteiger partial charge in [-0.2, -0.15) is 0 Å². The van der Waals surface area contributed by atoms with Crippen LogP contribution in [0.1, 0.15) is 31.4 Å². The summed E-state index contributed by atoms with van der Waals surface area (Å²) in [5.41, 5.74) is 1.30. The second kappa shape index (κ2) is 4.86. The maximum atomic E-state index is 6.04. The molecule has 0 aliphatic heterocycles. The molecule has 0 heterocycles. The van der Waals surface area contributed by atoms with Gasteiger partial charge in [-0.05, 0) is 49.1 Å². The maximum absolute atomic E-state index is 6.04. The number of halogens is 2. The van der Waals surface area contributed by atoms with Gasteiger partial charge >= 0.3 is 0 Å². The molecular weight excluding hydrogens is 273 g/mol. The van der Waals surface area contributed by atoms with Crippen LogP contribution in [-0.2, 0) is 0 Å². The van der Waals surface area contributed by atoms with Crippen LogP contribution in [0.25, 0.3) is 0 Å². The SMILES string of the molecule is CCNC(c1cc(Cl)ccc1Br)C1CC1. The third-order valence-electron chi connectivity index (χ3n) is 2.81. The molecule has 1 aliphatic rings. The van der Waals surface area contributed by atoms with Gasteiger partial charge in [-0.25, -0.2) is 0 Å². The molecule has 1 aromatic carbocycles. The van der Waals surface area contributed by atoms with E-state index in [1.54, 1.807) is 0 Å². The van der Waals surface area contributed by atoms with Crippen molar-refractivity contribution < 1.29 is 0 Å². The van der Waals surface area contributed by atoms with E-state index in [0.29, 0.717) is 6.04 Å². The number of rotatable bonds is 4. The minimum atomic E-state index is 0.461. The monoisotopic (exact) mass is 287 g/mol. The number of nitrogens with one attached hydrogen (secondary N) is 1. The summed E-state index contributed by atoms with van der Waals surface area (Å²) in [4.78, 5) is 0. The minimum Gasteiger partial charge on any atom is -0.310 e. The van der Waals surface area contributed by atoms with Gasteiger partial charge in [0.05, 0.1) is 0 Å². The lowest BCUT2D eigenvalue weighted by Gasteiger charge is -2.19. The van der Waals surface area contributed by atoms with Crippen LogP contribution in [0.4, 0.5) is 0 Å². The standard InChI is InChI=1S/C12H15BrClN/c1-2-15-12(8-3-4-8)10-7-9(14)5-6-11(10)13/h5-8,12,15H,2-4H2,1H3. The Labute approximate surface area is 104 Å². The molecule has 2 rings (SSSR count). The topological polar surface area (TPSA) is 12.0 Å². The van der Waals surface area contributed by atoms with Gasteiger partial charge in [0.1, 0.15) is 0 Å². The fraction of sp³-hybridized carbons (Fsp3) is 0.500. The molecular formula is C12H15BrClN. The summed E-state index contributed by atoms with van der Waals surface area (Å²) in [5, 5.41) is 4.36. The van der Waals surface area contributed by atoms with Crippen LogP contribution in [0.2, 0.25) is 5.02 Å². The van der Waals surface area contributed by atoms with Gasteiger partial charge in [0.15, 0.2) is 0 Å². The van der Waals surface area contributed by atoms with Crippen molar-refractivity contribution in [1.29, 1.82) is 0 Å². The van der Waals surface area contributed by atoms with E-state index in [1.807, 2.05) is 12.1 Å². The first-order chi connectivity index (χ1) is 7.22. The molecule has 0 bridgehead atoms. The van der Waals surface area contributed by atoms with Crippen molar-refractivity contribution in [3.63, 3.8) is 0 Å². The lowest BCUT2D eigenvalue weighted by atomic mass is 10.0. The Bertz CT molecular complexity index is 349. The average Bonchev–Trinajstić information content (AvgIpc) is 3.02. The molecule has 1 fully saturated rings. The summed E-state index contributed by atoms with van der Waals surface area (Å²) in [5.74, 6) is 0.791. The number of benzene rings is 1. The quantitative estimate of drug-likeness (QED) is 0.877. The average molecular weight is 289 g/mol. The van der Waals surface area contributed by atoms with Gasteiger partial charge in [0, 0.05) is 15.5 Å². The molecule has 15 heavy (non-hydrogen) atoms. The highest BCUT2D eigenvalue weighted by molar-refractivity contribution is 9.10. The van der Waals surface area contributed by atoms with Gasteiger partial charge in [-0.1, -0.05) is 34.5 Å². The van der Waals surface area contributed by atoms with E-state index in [9.17, 15) is 0 Å². The van der Waals surface area contributed by atoms with Crippen LogP contribution >= 0.6 is 27.5 Å². The Morgan fingerprint density at radius 1 is 1.53 bits per heavy atom. The normalized spacial score (nSPS) is 17.8. The molecule has 0 radical (unpaired) electrons. The summed E-state index contributed by atoms with van der Waals surface area (Å²) in [6.45, 7) is 3.15. The zero-order valence-corrected chi connectivity index (χ0v) is 11.1. The summed E-state index contributed by atoms with van der Waals surface area (Å²) >= 11 is 9.64. The van der Waals surface area contributed by atoms with Crippen molar-refractivity contribution in [2.75, 3.05) is 6.54 Å². The fourth-order valence-corrected chi connectivity index (χ4v) is 2.61. The summed E-state index contributed by atoms with van der Waals surface area (Å²) in [7, 11) is 0. The summed E-state index contributed by atoms with van der Waals surface area (Å²) in [6, 6.07) is 6.48. The fourth-order valence-electron chi connectivity index (χ4n) is 1.93. The van der Waals surface area contributed by atoms with Crippen molar-refractivity contribution in [2.24, 2.45) is 5.92 Å². The van der Waals surface area contributed by atoms with Crippen molar-refractivity contribution in [1.82, 2.24) is 5.32 Å². The number of hydrogen-bond acceptors (Lipinski definition) is 1. The van der Waals surface area contributed by atoms with Crippen LogP contribution in [0.3, 0.4) is 0 Å². The highest BCUT2D eigenvalue weighted by Crippen LogP contribution is 2.43. The van der Waals surface area contributed by atoms with E-state index < -0.39 is 0 Å². The minimum absolute atomic E-state index is 0.461. The smallest absolute Gasteiger partial charge is 0.0410 e. The van der Waals surface area contributed by atoms with E-state index in [4.69, 9.17) is 11.6 Å². The highest BCUT2D eigenvalue weighted by atomic mass is 79.9. The zero-order chi connectivity index (χ0) is 10.8. The Morgan fingerprint density at radius 3 is 2.87 bits per heavy atom. The van der Waals surface area contributed by atoms with E-state index in [2.05, 4.69) is 34.2 Å². The summed E-state index contributed by atoms with van der Waals surface area (Å²) in [6.07, 6.45) is 2.66. The largest absolute Gasteiger partial charge is 0.310 e. The molecule has 0 aromatic heterocycles. The lowest BCUT2D eigenvalue weighted by molar-refractivity contribution is 0.494. The molecule has 1 atom stereocenters. The second-order valence-electron chi connectivity index (χ2n) is 4.04. The Morgan fingerprint density at radius 2 is 2.27 bits per heavy atom. The van der Waals surface area contributed by atoms with Crippen molar-refractivity contribution in [2.45, 2.75) is 25.8 Å². The van der Waals surface area contributed by atoms with E-state index in [0.717, 1.165) is 22.0 Å². The first kappa shape index (κ1) is 11.4. The molecule has 1 nitrogen and oxygen atoms in total. The molecule has 0 amide bonds. The van der Waals surface area contributed by atoms with Gasteiger partial charge < -0.3 is 5.32 Å². The van der Waals surface area contributed by atoms with Crippen LogP contribution in [-0.4, -0.2) is 6.54 Å². The Kier molecular flexibility index (Phi) is 3.70. The molecule has 82 valence electrons. The summed E-state index contributed by atoms with van der Waals surface area (Å²) < 4.78 is 1.16. The number of hydrogen-bond donors (Lipinski definition) is 1. The zero-order valence-electron chi connectivity index (χ0n) is 8.76. The van der Waals surface area contributed by atoms with Crippen molar-refractivity contribution in [3.8, 4) is 0 Å². The van der Waals surface area contributed by atoms with Crippen molar-refractivity contribution in [3.05, 3.63) is 33.3 Å². The van der Waals surface area contributed by atoms with E-state index >= 15 is 0 Å². The first-order valence-corrected chi connectivity index (χ1v) is 6.57. The molecule has 1 unspecified atom stereocenters. The molecule has 0 saturated heterocycles. The highest BCUT2D eigenvalue weighted by Gasteiger charge is 2.32. The van der Waals surface area contributed by atoms with Crippen LogP contribution in [0.15, 0.2) is 22.7 Å². The molecule has 1 aromatic rings. The van der Waals surface area contributed by atoms with Gasteiger partial charge in [-0.3, -0.25) is 0 Å². The first-order valence-electron chi connectivity index (χ1n) is 5.40. The van der Waals surface area contributed by atoms with Crippen molar-refractivity contribution >= 4 is 27.5 Å². The maximum Gasteiger partial charge on any atom is 0.0410 e. The Hall–Kier alpha value is -0.0500. The third kappa shape index (κ3) is 2.74. The third-order valence-corrected chi connectivity index (χ3v) is 3.77. The molecule has 0 spiro atoms. The molecule has 1 N–H and O–H groups in total. The van der Waals surface area contributed by atoms with E-state index in [1.165, 1.54) is 18.4 Å². The van der Waals surface area contributed by atoms with Crippen LogP contribution in [0, 0.1) is 5.92 Å². The molecule has 1 aliphatic carbocycles. The van der Waals surface area contributed by atoms with Crippen LogP contribution < -0.4 is 5.32 Å². The van der Waals surface area contributed by atoms with Gasteiger partial charge in [0.25, 0.3) is 0 Å². The van der Waals surface area contributed by atoms with E-state index in [-0.39, 0.29) is 0 Å². The molecule has 1 saturated carbocycles. The van der Waals surface area contributed by atoms with Gasteiger partial charge in [-0.15, -0.1) is 0 Å². The Balaban J connectivity index is 2.27. The molecule has 3 heteroatoms. The second-order valence-corrected chi connectivity index (χ2v) is 5.33. The predicted octanol–water partition coefficient (Wildman–Crippen LogP) is 4.16. The lowest BCUT2D eigenvalue weighted by Crippen LogP contribution is -2.22. The van der Waals surface area contributed by atoms with Gasteiger partial charge in [0.2, 0.25) is 0 Å². The van der Waals surface area contributed by atoms with Crippen LogP contribution in [0.5, 0.6) is 0 Å². The predicted molar refractivity (Wildman–Crippen MR) is 68.3 cm³/mol.